The van der Waals surface area contributed by atoms with E-state index in [2.05, 4.69) is 15.9 Å². The van der Waals surface area contributed by atoms with Crippen molar-refractivity contribution in [1.29, 1.82) is 0 Å². The first-order valence-corrected chi connectivity index (χ1v) is 10.1. The number of hydrogen-bond donors (Lipinski definition) is 1. The van der Waals surface area contributed by atoms with Crippen LogP contribution in [0.3, 0.4) is 0 Å². The standard InChI is InChI=1S/C22H18BrF3N2O3/c1-30-19-8-5-12-9-13(23)6-7-14(12)15(19)10-28-18-4-2-3-16(22(24,25)26)20(18)31-11-17(27)21(28)29/h2-9,17H,10-11,27H2,1H3. The van der Waals surface area contributed by atoms with Crippen LogP contribution in [0.25, 0.3) is 10.8 Å². The zero-order chi connectivity index (χ0) is 22.3. The van der Waals surface area contributed by atoms with E-state index in [9.17, 15) is 18.0 Å². The minimum atomic E-state index is -4.64. The predicted octanol–water partition coefficient (Wildman–Crippen LogP) is 4.88. The van der Waals surface area contributed by atoms with E-state index in [0.717, 1.165) is 21.3 Å². The van der Waals surface area contributed by atoms with Crippen molar-refractivity contribution in [2.75, 3.05) is 18.6 Å². The van der Waals surface area contributed by atoms with Gasteiger partial charge in [-0.2, -0.15) is 13.2 Å². The Balaban J connectivity index is 1.90. The summed E-state index contributed by atoms with van der Waals surface area (Å²) in [5.41, 5.74) is 5.64. The Morgan fingerprint density at radius 1 is 1.23 bits per heavy atom. The fourth-order valence-electron chi connectivity index (χ4n) is 3.70. The number of carbonyl (C=O) groups is 1. The molecule has 2 N–H and O–H groups in total. The second-order valence-corrected chi connectivity index (χ2v) is 8.02. The Bertz CT molecular complexity index is 1170. The molecule has 0 bridgehead atoms. The lowest BCUT2D eigenvalue weighted by molar-refractivity contribution is -0.138. The molecular formula is C22H18BrF3N2O3. The molecular weight excluding hydrogens is 477 g/mol. The highest BCUT2D eigenvalue weighted by Crippen LogP contribution is 2.44. The van der Waals surface area contributed by atoms with Gasteiger partial charge >= 0.3 is 6.18 Å². The van der Waals surface area contributed by atoms with Crippen molar-refractivity contribution in [3.05, 3.63) is 64.1 Å². The van der Waals surface area contributed by atoms with Gasteiger partial charge in [-0.15, -0.1) is 0 Å². The summed E-state index contributed by atoms with van der Waals surface area (Å²) in [6.07, 6.45) is -4.64. The van der Waals surface area contributed by atoms with Gasteiger partial charge in [-0.1, -0.05) is 34.1 Å². The summed E-state index contributed by atoms with van der Waals surface area (Å²) >= 11 is 3.43. The summed E-state index contributed by atoms with van der Waals surface area (Å²) in [5, 5.41) is 1.69. The molecule has 1 aliphatic heterocycles. The van der Waals surface area contributed by atoms with Crippen LogP contribution in [0.5, 0.6) is 11.5 Å². The number of benzene rings is 3. The summed E-state index contributed by atoms with van der Waals surface area (Å²) in [6.45, 7) is -0.388. The molecule has 0 fully saturated rings. The molecule has 162 valence electrons. The van der Waals surface area contributed by atoms with Crippen LogP contribution in [0.2, 0.25) is 0 Å². The van der Waals surface area contributed by atoms with Crippen molar-refractivity contribution in [2.45, 2.75) is 18.8 Å². The topological polar surface area (TPSA) is 64.8 Å². The number of alkyl halides is 3. The lowest BCUT2D eigenvalue weighted by Gasteiger charge is -2.26. The molecule has 0 aromatic heterocycles. The number of hydrogen-bond acceptors (Lipinski definition) is 4. The highest BCUT2D eigenvalue weighted by atomic mass is 79.9. The maximum atomic E-state index is 13.6. The van der Waals surface area contributed by atoms with Gasteiger partial charge in [-0.05, 0) is 41.1 Å². The third-order valence-corrected chi connectivity index (χ3v) is 5.66. The van der Waals surface area contributed by atoms with Gasteiger partial charge in [-0.25, -0.2) is 0 Å². The average Bonchev–Trinajstić information content (AvgIpc) is 2.85. The van der Waals surface area contributed by atoms with Crippen LogP contribution in [0.4, 0.5) is 18.9 Å². The number of fused-ring (bicyclic) bond motifs is 2. The van der Waals surface area contributed by atoms with E-state index in [1.165, 1.54) is 24.1 Å². The van der Waals surface area contributed by atoms with Crippen molar-refractivity contribution in [2.24, 2.45) is 5.73 Å². The van der Waals surface area contributed by atoms with Crippen LogP contribution in [0.1, 0.15) is 11.1 Å². The summed E-state index contributed by atoms with van der Waals surface area (Å²) in [6, 6.07) is 11.7. The van der Waals surface area contributed by atoms with Gasteiger partial charge in [0, 0.05) is 10.0 Å². The highest BCUT2D eigenvalue weighted by Gasteiger charge is 2.39. The summed E-state index contributed by atoms with van der Waals surface area (Å²) < 4.78 is 52.5. The second kappa shape index (κ2) is 8.05. The van der Waals surface area contributed by atoms with Crippen molar-refractivity contribution >= 4 is 38.3 Å². The first-order valence-electron chi connectivity index (χ1n) is 9.36. The number of ether oxygens (including phenoxy) is 2. The molecule has 5 nitrogen and oxygen atoms in total. The minimum absolute atomic E-state index is 0.0175. The largest absolute Gasteiger partial charge is 0.496 e. The van der Waals surface area contributed by atoms with Crippen molar-refractivity contribution in [3.8, 4) is 11.5 Å². The summed E-state index contributed by atoms with van der Waals surface area (Å²) in [5.74, 6) is -0.428. The Kier molecular flexibility index (Phi) is 5.57. The van der Waals surface area contributed by atoms with Crippen LogP contribution >= 0.6 is 15.9 Å². The van der Waals surface area contributed by atoms with Gasteiger partial charge in [-0.3, -0.25) is 4.79 Å². The van der Waals surface area contributed by atoms with Gasteiger partial charge < -0.3 is 20.1 Å². The molecule has 1 unspecified atom stereocenters. The van der Waals surface area contributed by atoms with Crippen LogP contribution in [0.15, 0.2) is 53.0 Å². The lowest BCUT2D eigenvalue weighted by Crippen LogP contribution is -2.45. The molecule has 3 aromatic carbocycles. The molecule has 1 heterocycles. The van der Waals surface area contributed by atoms with Crippen molar-refractivity contribution < 1.29 is 27.4 Å². The van der Waals surface area contributed by atoms with Gasteiger partial charge in [0.25, 0.3) is 0 Å². The number of amides is 1. The van der Waals surface area contributed by atoms with E-state index in [4.69, 9.17) is 15.2 Å². The Labute approximate surface area is 184 Å². The maximum absolute atomic E-state index is 13.6. The monoisotopic (exact) mass is 494 g/mol. The van der Waals surface area contributed by atoms with E-state index in [1.807, 2.05) is 24.3 Å². The number of anilines is 1. The zero-order valence-electron chi connectivity index (χ0n) is 16.4. The van der Waals surface area contributed by atoms with Gasteiger partial charge in [0.1, 0.15) is 18.4 Å². The first-order chi connectivity index (χ1) is 14.7. The predicted molar refractivity (Wildman–Crippen MR) is 114 cm³/mol. The molecule has 1 atom stereocenters. The average molecular weight is 495 g/mol. The summed E-state index contributed by atoms with van der Waals surface area (Å²) in [4.78, 5) is 14.3. The van der Waals surface area contributed by atoms with E-state index in [0.29, 0.717) is 11.3 Å². The van der Waals surface area contributed by atoms with E-state index < -0.39 is 29.4 Å². The van der Waals surface area contributed by atoms with E-state index in [-0.39, 0.29) is 18.8 Å². The van der Waals surface area contributed by atoms with Crippen LogP contribution in [0, 0.1) is 0 Å². The molecule has 0 aliphatic carbocycles. The van der Waals surface area contributed by atoms with Crippen molar-refractivity contribution in [3.63, 3.8) is 0 Å². The summed E-state index contributed by atoms with van der Waals surface area (Å²) in [7, 11) is 1.50. The Morgan fingerprint density at radius 3 is 2.71 bits per heavy atom. The highest BCUT2D eigenvalue weighted by molar-refractivity contribution is 9.10. The lowest BCUT2D eigenvalue weighted by atomic mass is 10.0. The van der Waals surface area contributed by atoms with Crippen LogP contribution in [-0.4, -0.2) is 25.7 Å². The third-order valence-electron chi connectivity index (χ3n) is 5.17. The number of halogens is 4. The second-order valence-electron chi connectivity index (χ2n) is 7.11. The fourth-order valence-corrected chi connectivity index (χ4v) is 4.07. The smallest absolute Gasteiger partial charge is 0.420 e. The number of nitrogens with zero attached hydrogens (tertiary/aromatic N) is 1. The Hall–Kier alpha value is -2.78. The van der Waals surface area contributed by atoms with Crippen LogP contribution in [-0.2, 0) is 17.5 Å². The maximum Gasteiger partial charge on any atom is 0.420 e. The number of para-hydroxylation sites is 1. The molecule has 0 spiro atoms. The quantitative estimate of drug-likeness (QED) is 0.563. The number of methoxy groups -OCH3 is 1. The van der Waals surface area contributed by atoms with Gasteiger partial charge in [0.05, 0.1) is 24.9 Å². The SMILES string of the molecule is COc1ccc2cc(Br)ccc2c1CN1C(=O)C(N)COc2c1cccc2C(F)(F)F. The molecule has 1 amide bonds. The van der Waals surface area contributed by atoms with E-state index in [1.54, 1.807) is 6.07 Å². The minimum Gasteiger partial charge on any atom is -0.496 e. The van der Waals surface area contributed by atoms with Gasteiger partial charge in [0.2, 0.25) is 5.91 Å². The number of carbonyl (C=O) groups excluding carboxylic acids is 1. The fraction of sp³-hybridized carbons (Fsp3) is 0.227. The molecule has 4 rings (SSSR count). The molecule has 0 saturated carbocycles. The molecule has 0 radical (unpaired) electrons. The van der Waals surface area contributed by atoms with E-state index >= 15 is 0 Å². The molecule has 9 heteroatoms. The zero-order valence-corrected chi connectivity index (χ0v) is 18.0. The van der Waals surface area contributed by atoms with Crippen molar-refractivity contribution in [1.82, 2.24) is 0 Å². The Morgan fingerprint density at radius 2 is 2.00 bits per heavy atom. The molecule has 31 heavy (non-hydrogen) atoms. The molecule has 0 saturated heterocycles. The van der Waals surface area contributed by atoms with Crippen LogP contribution < -0.4 is 20.1 Å². The number of rotatable bonds is 3. The molecule has 1 aliphatic rings. The van der Waals surface area contributed by atoms with Gasteiger partial charge in [0.15, 0.2) is 5.75 Å². The number of nitrogens with two attached hydrogens (primary N) is 1. The first kappa shape index (κ1) is 21.5. The normalized spacial score (nSPS) is 16.6. The third kappa shape index (κ3) is 3.95. The molecule has 3 aromatic rings.